The van der Waals surface area contributed by atoms with Crippen molar-refractivity contribution < 1.29 is 23.1 Å². The number of benzene rings is 1. The van der Waals surface area contributed by atoms with Crippen LogP contribution in [-0.4, -0.2) is 48.5 Å². The van der Waals surface area contributed by atoms with Crippen LogP contribution in [0.3, 0.4) is 0 Å². The van der Waals surface area contributed by atoms with Gasteiger partial charge in [-0.15, -0.1) is 0 Å². The maximum absolute atomic E-state index is 11.9. The van der Waals surface area contributed by atoms with Gasteiger partial charge in [0.15, 0.2) is 0 Å². The average molecular weight is 340 g/mol. The van der Waals surface area contributed by atoms with Crippen LogP contribution in [0.5, 0.6) is 0 Å². The van der Waals surface area contributed by atoms with E-state index in [1.807, 2.05) is 0 Å². The van der Waals surface area contributed by atoms with E-state index in [1.54, 1.807) is 31.2 Å². The Balaban J connectivity index is 1.90. The van der Waals surface area contributed by atoms with E-state index in [1.165, 1.54) is 4.31 Å². The molecule has 2 N–H and O–H groups in total. The molecule has 0 unspecified atom stereocenters. The van der Waals surface area contributed by atoms with Crippen LogP contribution in [-0.2, 0) is 26.0 Å². The Morgan fingerprint density at radius 3 is 2.48 bits per heavy atom. The highest BCUT2D eigenvalue weighted by molar-refractivity contribution is 7.89. The molecule has 0 saturated carbocycles. The number of hydrogen-bond donors (Lipinski definition) is 2. The summed E-state index contributed by atoms with van der Waals surface area (Å²) < 4.78 is 24.5. The van der Waals surface area contributed by atoms with Crippen LogP contribution in [0.25, 0.3) is 0 Å². The van der Waals surface area contributed by atoms with Crippen LogP contribution in [0.4, 0.5) is 5.69 Å². The molecule has 1 aliphatic rings. The molecule has 2 rings (SSSR count). The largest absolute Gasteiger partial charge is 0.481 e. The maximum Gasteiger partial charge on any atom is 0.306 e. The van der Waals surface area contributed by atoms with Gasteiger partial charge in [0.25, 0.3) is 0 Å². The zero-order valence-corrected chi connectivity index (χ0v) is 13.7. The molecule has 0 aromatic heterocycles. The van der Waals surface area contributed by atoms with Crippen molar-refractivity contribution in [3.05, 3.63) is 29.8 Å². The van der Waals surface area contributed by atoms with Crippen LogP contribution < -0.4 is 5.32 Å². The van der Waals surface area contributed by atoms with Crippen LogP contribution in [0.1, 0.15) is 18.9 Å². The summed E-state index contributed by atoms with van der Waals surface area (Å²) in [5.74, 6) is -1.62. The van der Waals surface area contributed by atoms with Crippen molar-refractivity contribution in [3.63, 3.8) is 0 Å². The molecule has 7 nitrogen and oxygen atoms in total. The van der Waals surface area contributed by atoms with Gasteiger partial charge in [0.05, 0.1) is 18.2 Å². The van der Waals surface area contributed by atoms with Crippen LogP contribution >= 0.6 is 0 Å². The first-order chi connectivity index (χ1) is 10.8. The number of amides is 1. The second-order valence-corrected chi connectivity index (χ2v) is 7.78. The summed E-state index contributed by atoms with van der Waals surface area (Å²) in [6.07, 6.45) is 0.960. The molecule has 126 valence electrons. The van der Waals surface area contributed by atoms with E-state index in [9.17, 15) is 18.0 Å². The fourth-order valence-electron chi connectivity index (χ4n) is 2.39. The number of rotatable bonds is 6. The minimum Gasteiger partial charge on any atom is -0.481 e. The summed E-state index contributed by atoms with van der Waals surface area (Å²) >= 11 is 0. The number of sulfonamides is 1. The molecule has 8 heteroatoms. The van der Waals surface area contributed by atoms with E-state index in [0.717, 1.165) is 5.56 Å². The van der Waals surface area contributed by atoms with E-state index in [4.69, 9.17) is 5.11 Å². The fourth-order valence-corrected chi connectivity index (χ4v) is 3.87. The molecule has 0 spiro atoms. The Kier molecular flexibility index (Phi) is 5.38. The van der Waals surface area contributed by atoms with Crippen molar-refractivity contribution in [2.45, 2.75) is 19.8 Å². The van der Waals surface area contributed by atoms with Gasteiger partial charge in [-0.05, 0) is 30.5 Å². The van der Waals surface area contributed by atoms with Crippen LogP contribution in [0.2, 0.25) is 0 Å². The van der Waals surface area contributed by atoms with E-state index in [0.29, 0.717) is 25.1 Å². The number of carboxylic acid groups (broad SMARTS) is 1. The minimum absolute atomic E-state index is 0.0940. The van der Waals surface area contributed by atoms with Gasteiger partial charge in [-0.2, -0.15) is 4.31 Å². The lowest BCUT2D eigenvalue weighted by Gasteiger charge is -2.14. The molecule has 1 atom stereocenters. The summed E-state index contributed by atoms with van der Waals surface area (Å²) in [5, 5.41) is 11.5. The number of nitrogens with zero attached hydrogens (tertiary/aromatic N) is 1. The second kappa shape index (κ2) is 7.10. The molecule has 1 aliphatic heterocycles. The molecule has 0 radical (unpaired) electrons. The number of anilines is 1. The SMILES string of the molecule is C[C@H](Cc1ccc(NC(=O)CN2CCCS2(=O)=O)cc1)C(=O)O. The molecule has 1 aromatic carbocycles. The third-order valence-electron chi connectivity index (χ3n) is 3.72. The zero-order chi connectivity index (χ0) is 17.0. The standard InChI is InChI=1S/C15H20N2O5S/c1-11(15(19)20)9-12-3-5-13(6-4-12)16-14(18)10-17-7-2-8-23(17,21)22/h3-6,11H,2,7-10H2,1H3,(H,16,18)(H,19,20)/t11-/m1/s1. The topological polar surface area (TPSA) is 104 Å². The lowest BCUT2D eigenvalue weighted by Crippen LogP contribution is -2.34. The highest BCUT2D eigenvalue weighted by Gasteiger charge is 2.29. The van der Waals surface area contributed by atoms with Gasteiger partial charge < -0.3 is 10.4 Å². The smallest absolute Gasteiger partial charge is 0.306 e. The van der Waals surface area contributed by atoms with Crippen LogP contribution in [0.15, 0.2) is 24.3 Å². The number of carboxylic acids is 1. The van der Waals surface area contributed by atoms with Gasteiger partial charge in [0.2, 0.25) is 15.9 Å². The molecule has 0 bridgehead atoms. The average Bonchev–Trinajstić information content (AvgIpc) is 2.79. The van der Waals surface area contributed by atoms with Gasteiger partial charge >= 0.3 is 5.97 Å². The van der Waals surface area contributed by atoms with Gasteiger partial charge in [-0.1, -0.05) is 19.1 Å². The lowest BCUT2D eigenvalue weighted by atomic mass is 10.0. The van der Waals surface area contributed by atoms with Gasteiger partial charge in [0, 0.05) is 12.2 Å². The Labute approximate surface area is 135 Å². The summed E-state index contributed by atoms with van der Waals surface area (Å²) in [6.45, 7) is 1.83. The quantitative estimate of drug-likeness (QED) is 0.801. The lowest BCUT2D eigenvalue weighted by molar-refractivity contribution is -0.141. The summed E-state index contributed by atoms with van der Waals surface area (Å²) in [4.78, 5) is 22.7. The van der Waals surface area contributed by atoms with Crippen molar-refractivity contribution in [2.24, 2.45) is 5.92 Å². The molecule has 1 saturated heterocycles. The number of carbonyl (C=O) groups is 2. The molecule has 1 fully saturated rings. The molecule has 23 heavy (non-hydrogen) atoms. The highest BCUT2D eigenvalue weighted by Crippen LogP contribution is 2.15. The molecule has 1 aromatic rings. The Morgan fingerprint density at radius 1 is 1.30 bits per heavy atom. The number of aliphatic carboxylic acids is 1. The fraction of sp³-hybridized carbons (Fsp3) is 0.467. The van der Waals surface area contributed by atoms with Crippen molar-refractivity contribution in [3.8, 4) is 0 Å². The summed E-state index contributed by atoms with van der Waals surface area (Å²) in [6, 6.07) is 6.86. The Morgan fingerprint density at radius 2 is 1.96 bits per heavy atom. The number of carbonyl (C=O) groups excluding carboxylic acids is 1. The third-order valence-corrected chi connectivity index (χ3v) is 5.63. The molecule has 1 amide bonds. The van der Waals surface area contributed by atoms with E-state index in [2.05, 4.69) is 5.32 Å². The van der Waals surface area contributed by atoms with Gasteiger partial charge in [0.1, 0.15) is 0 Å². The van der Waals surface area contributed by atoms with E-state index < -0.39 is 21.9 Å². The summed E-state index contributed by atoms with van der Waals surface area (Å²) in [7, 11) is -3.29. The second-order valence-electron chi connectivity index (χ2n) is 5.69. The van der Waals surface area contributed by atoms with Gasteiger partial charge in [-0.3, -0.25) is 9.59 Å². The van der Waals surface area contributed by atoms with E-state index in [-0.39, 0.29) is 18.2 Å². The van der Waals surface area contributed by atoms with Crippen LogP contribution in [0, 0.1) is 5.92 Å². The third kappa shape index (κ3) is 4.77. The predicted molar refractivity (Wildman–Crippen MR) is 85.6 cm³/mol. The van der Waals surface area contributed by atoms with Crippen molar-refractivity contribution in [2.75, 3.05) is 24.2 Å². The Hall–Kier alpha value is -1.93. The van der Waals surface area contributed by atoms with Crippen molar-refractivity contribution >= 4 is 27.6 Å². The number of nitrogens with one attached hydrogen (secondary N) is 1. The monoisotopic (exact) mass is 340 g/mol. The minimum atomic E-state index is -3.29. The molecule has 0 aliphatic carbocycles. The van der Waals surface area contributed by atoms with Crippen molar-refractivity contribution in [1.29, 1.82) is 0 Å². The highest BCUT2D eigenvalue weighted by atomic mass is 32.2. The predicted octanol–water partition coefficient (Wildman–Crippen LogP) is 0.924. The summed E-state index contributed by atoms with van der Waals surface area (Å²) in [5.41, 5.74) is 1.42. The molecular weight excluding hydrogens is 320 g/mol. The first-order valence-corrected chi connectivity index (χ1v) is 8.98. The molecule has 1 heterocycles. The molecular formula is C15H20N2O5S. The zero-order valence-electron chi connectivity index (χ0n) is 12.9. The van der Waals surface area contributed by atoms with Gasteiger partial charge in [-0.25, -0.2) is 8.42 Å². The Bertz CT molecular complexity index is 684. The normalized spacial score (nSPS) is 18.5. The van der Waals surface area contributed by atoms with E-state index >= 15 is 0 Å². The number of hydrogen-bond acceptors (Lipinski definition) is 4. The first kappa shape index (κ1) is 17.4. The first-order valence-electron chi connectivity index (χ1n) is 7.37. The maximum atomic E-state index is 11.9. The van der Waals surface area contributed by atoms with Crippen molar-refractivity contribution in [1.82, 2.24) is 4.31 Å².